The summed E-state index contributed by atoms with van der Waals surface area (Å²) < 4.78 is 5.17. The number of rotatable bonds is 6. The Morgan fingerprint density at radius 1 is 1.52 bits per heavy atom. The number of amides is 1. The second-order valence-corrected chi connectivity index (χ2v) is 6.10. The molecule has 1 aromatic rings. The number of nitrogens with zero attached hydrogens (tertiary/aromatic N) is 1. The Balaban J connectivity index is 1.77. The maximum absolute atomic E-state index is 12.0. The summed E-state index contributed by atoms with van der Waals surface area (Å²) in [6.07, 6.45) is 1.06. The van der Waals surface area contributed by atoms with Crippen molar-refractivity contribution in [3.8, 4) is 5.75 Å². The minimum Gasteiger partial charge on any atom is -0.497 e. The first-order valence-corrected chi connectivity index (χ1v) is 7.37. The molecule has 0 aromatic heterocycles. The average Bonchev–Trinajstić information content (AvgIpc) is 2.87. The van der Waals surface area contributed by atoms with Gasteiger partial charge in [0.15, 0.2) is 0 Å². The highest BCUT2D eigenvalue weighted by molar-refractivity contribution is 5.78. The molecule has 1 aliphatic rings. The molecule has 1 atom stereocenters. The molecule has 21 heavy (non-hydrogen) atoms. The van der Waals surface area contributed by atoms with Crippen LogP contribution >= 0.6 is 0 Å². The normalized spacial score (nSPS) is 22.2. The molecule has 0 radical (unpaired) electrons. The molecule has 116 valence electrons. The highest BCUT2D eigenvalue weighted by Crippen LogP contribution is 2.27. The van der Waals surface area contributed by atoms with E-state index >= 15 is 0 Å². The molecule has 1 unspecified atom stereocenters. The van der Waals surface area contributed by atoms with E-state index in [1.807, 2.05) is 24.3 Å². The number of likely N-dealkylation sites (tertiary alicyclic amines) is 1. The molecular formula is C16H25N3O2. The number of nitrogens with one attached hydrogen (secondary N) is 1. The van der Waals surface area contributed by atoms with Gasteiger partial charge in [0.25, 0.3) is 0 Å². The fourth-order valence-electron chi connectivity index (χ4n) is 2.67. The summed E-state index contributed by atoms with van der Waals surface area (Å²) >= 11 is 0. The van der Waals surface area contributed by atoms with Crippen molar-refractivity contribution < 1.29 is 9.53 Å². The summed E-state index contributed by atoms with van der Waals surface area (Å²) in [5.74, 6) is 0.860. The van der Waals surface area contributed by atoms with Crippen molar-refractivity contribution in [1.82, 2.24) is 10.2 Å². The SMILES string of the molecule is COc1cccc(CNC(=O)CN2CCC(C)(CN)C2)c1. The average molecular weight is 291 g/mol. The molecule has 5 heteroatoms. The van der Waals surface area contributed by atoms with E-state index in [1.165, 1.54) is 0 Å². The van der Waals surface area contributed by atoms with Gasteiger partial charge in [-0.15, -0.1) is 0 Å². The van der Waals surface area contributed by atoms with Crippen LogP contribution in [0.3, 0.4) is 0 Å². The summed E-state index contributed by atoms with van der Waals surface area (Å²) in [7, 11) is 1.64. The summed E-state index contributed by atoms with van der Waals surface area (Å²) in [5, 5.41) is 2.96. The van der Waals surface area contributed by atoms with Gasteiger partial charge in [0.2, 0.25) is 5.91 Å². The zero-order chi connectivity index (χ0) is 15.3. The van der Waals surface area contributed by atoms with Crippen LogP contribution in [0.2, 0.25) is 0 Å². The monoisotopic (exact) mass is 291 g/mol. The lowest BCUT2D eigenvalue weighted by molar-refractivity contribution is -0.122. The maximum atomic E-state index is 12.0. The van der Waals surface area contributed by atoms with Gasteiger partial charge in [-0.1, -0.05) is 19.1 Å². The Hall–Kier alpha value is -1.59. The molecule has 1 fully saturated rings. The van der Waals surface area contributed by atoms with Crippen molar-refractivity contribution >= 4 is 5.91 Å². The zero-order valence-electron chi connectivity index (χ0n) is 12.9. The van der Waals surface area contributed by atoms with Gasteiger partial charge in [0.05, 0.1) is 13.7 Å². The highest BCUT2D eigenvalue weighted by Gasteiger charge is 2.32. The van der Waals surface area contributed by atoms with Crippen molar-refractivity contribution in [2.45, 2.75) is 19.9 Å². The Bertz CT molecular complexity index is 492. The van der Waals surface area contributed by atoms with Crippen molar-refractivity contribution in [3.63, 3.8) is 0 Å². The van der Waals surface area contributed by atoms with Crippen molar-refractivity contribution in [3.05, 3.63) is 29.8 Å². The molecule has 0 aliphatic carbocycles. The van der Waals surface area contributed by atoms with E-state index in [0.717, 1.165) is 30.8 Å². The second kappa shape index (κ2) is 6.91. The van der Waals surface area contributed by atoms with Crippen molar-refractivity contribution in [1.29, 1.82) is 0 Å². The minimum atomic E-state index is 0.0547. The smallest absolute Gasteiger partial charge is 0.234 e. The van der Waals surface area contributed by atoms with E-state index in [0.29, 0.717) is 19.6 Å². The molecule has 0 spiro atoms. The van der Waals surface area contributed by atoms with Crippen molar-refractivity contribution in [2.75, 3.05) is 33.3 Å². The molecule has 1 aromatic carbocycles. The van der Waals surface area contributed by atoms with Crippen LogP contribution in [0.4, 0.5) is 0 Å². The van der Waals surface area contributed by atoms with Gasteiger partial charge in [-0.25, -0.2) is 0 Å². The van der Waals surface area contributed by atoms with E-state index < -0.39 is 0 Å². The van der Waals surface area contributed by atoms with Crippen LogP contribution < -0.4 is 15.8 Å². The first kappa shape index (κ1) is 15.8. The van der Waals surface area contributed by atoms with E-state index in [1.54, 1.807) is 7.11 Å². The molecule has 1 aliphatic heterocycles. The molecule has 1 amide bonds. The first-order chi connectivity index (χ1) is 10.0. The van der Waals surface area contributed by atoms with Gasteiger partial charge < -0.3 is 15.8 Å². The third-order valence-electron chi connectivity index (χ3n) is 4.12. The number of carbonyl (C=O) groups excluding carboxylic acids is 1. The second-order valence-electron chi connectivity index (χ2n) is 6.10. The van der Waals surface area contributed by atoms with Gasteiger partial charge >= 0.3 is 0 Å². The molecule has 5 nitrogen and oxygen atoms in total. The molecule has 1 heterocycles. The number of nitrogens with two attached hydrogens (primary N) is 1. The first-order valence-electron chi connectivity index (χ1n) is 7.37. The molecule has 3 N–H and O–H groups in total. The van der Waals surface area contributed by atoms with Gasteiger partial charge in [-0.05, 0) is 42.6 Å². The standard InChI is InChI=1S/C16H25N3O2/c1-16(11-17)6-7-19(12-16)10-15(20)18-9-13-4-3-5-14(8-13)21-2/h3-5,8H,6-7,9-12,17H2,1-2H3,(H,18,20). The van der Waals surface area contributed by atoms with E-state index in [-0.39, 0.29) is 11.3 Å². The number of hydrogen-bond acceptors (Lipinski definition) is 4. The molecular weight excluding hydrogens is 266 g/mol. The number of ether oxygens (including phenoxy) is 1. The zero-order valence-corrected chi connectivity index (χ0v) is 12.9. The summed E-state index contributed by atoms with van der Waals surface area (Å²) in [4.78, 5) is 14.2. The Morgan fingerprint density at radius 2 is 2.33 bits per heavy atom. The van der Waals surface area contributed by atoms with Crippen LogP contribution in [0.1, 0.15) is 18.9 Å². The molecule has 0 saturated carbocycles. The van der Waals surface area contributed by atoms with E-state index in [9.17, 15) is 4.79 Å². The summed E-state index contributed by atoms with van der Waals surface area (Å²) in [6, 6.07) is 7.72. The number of hydrogen-bond donors (Lipinski definition) is 2. The predicted octanol–water partition coefficient (Wildman–Crippen LogP) is 0.982. The fraction of sp³-hybridized carbons (Fsp3) is 0.562. The molecule has 2 rings (SSSR count). The third-order valence-corrected chi connectivity index (χ3v) is 4.12. The Kier molecular flexibility index (Phi) is 5.20. The topological polar surface area (TPSA) is 67.6 Å². The largest absolute Gasteiger partial charge is 0.497 e. The lowest BCUT2D eigenvalue weighted by atomic mass is 9.90. The van der Waals surface area contributed by atoms with E-state index in [4.69, 9.17) is 10.5 Å². The van der Waals surface area contributed by atoms with Crippen LogP contribution in [0.25, 0.3) is 0 Å². The quantitative estimate of drug-likeness (QED) is 0.820. The van der Waals surface area contributed by atoms with E-state index in [2.05, 4.69) is 17.1 Å². The van der Waals surface area contributed by atoms with Gasteiger partial charge in [0, 0.05) is 13.1 Å². The summed E-state index contributed by atoms with van der Waals surface area (Å²) in [6.45, 7) is 5.67. The van der Waals surface area contributed by atoms with Crippen LogP contribution in [-0.4, -0.2) is 44.1 Å². The highest BCUT2D eigenvalue weighted by atomic mass is 16.5. The van der Waals surface area contributed by atoms with Crippen LogP contribution in [-0.2, 0) is 11.3 Å². The lowest BCUT2D eigenvalue weighted by Crippen LogP contribution is -2.38. The van der Waals surface area contributed by atoms with Gasteiger partial charge in [-0.2, -0.15) is 0 Å². The third kappa shape index (κ3) is 4.44. The van der Waals surface area contributed by atoms with Gasteiger partial charge in [0.1, 0.15) is 5.75 Å². The van der Waals surface area contributed by atoms with Crippen LogP contribution in [0.15, 0.2) is 24.3 Å². The maximum Gasteiger partial charge on any atom is 0.234 e. The summed E-state index contributed by atoms with van der Waals surface area (Å²) in [5.41, 5.74) is 6.98. The predicted molar refractivity (Wildman–Crippen MR) is 83.1 cm³/mol. The number of benzene rings is 1. The fourth-order valence-corrected chi connectivity index (χ4v) is 2.67. The van der Waals surface area contributed by atoms with Crippen LogP contribution in [0.5, 0.6) is 5.75 Å². The minimum absolute atomic E-state index is 0.0547. The van der Waals surface area contributed by atoms with Crippen LogP contribution in [0, 0.1) is 5.41 Å². The van der Waals surface area contributed by atoms with Gasteiger partial charge in [-0.3, -0.25) is 9.69 Å². The van der Waals surface area contributed by atoms with Crippen molar-refractivity contribution in [2.24, 2.45) is 11.1 Å². The molecule has 0 bridgehead atoms. The number of carbonyl (C=O) groups is 1. The molecule has 1 saturated heterocycles. The lowest BCUT2D eigenvalue weighted by Gasteiger charge is -2.22. The Morgan fingerprint density at radius 3 is 3.00 bits per heavy atom. The number of methoxy groups -OCH3 is 1. The Labute approximate surface area is 126 Å².